The van der Waals surface area contributed by atoms with E-state index in [1.54, 1.807) is 16.8 Å². The Hall–Kier alpha value is 0.0700. The number of halogens is 1. The topological polar surface area (TPSA) is 33.1 Å². The molecule has 0 aromatic carbocycles. The summed E-state index contributed by atoms with van der Waals surface area (Å²) in [4.78, 5) is 5.16. The Morgan fingerprint density at radius 2 is 1.93 bits per heavy atom. The van der Waals surface area contributed by atoms with Gasteiger partial charge in [-0.05, 0) is 28.8 Å². The van der Waals surface area contributed by atoms with Gasteiger partial charge in [-0.25, -0.2) is 4.98 Å². The first kappa shape index (κ1) is 10.6. The zero-order chi connectivity index (χ0) is 10.0. The number of rotatable bonds is 1. The molecule has 1 aromatic rings. The highest BCUT2D eigenvalue weighted by Crippen LogP contribution is 2.40. The van der Waals surface area contributed by atoms with Crippen LogP contribution in [0.1, 0.15) is 43.4 Å². The minimum absolute atomic E-state index is 0.615. The van der Waals surface area contributed by atoms with E-state index in [9.17, 15) is 5.11 Å². The van der Waals surface area contributed by atoms with Crippen molar-refractivity contribution < 1.29 is 5.11 Å². The molecule has 78 valence electrons. The monoisotopic (exact) mass is 275 g/mol. The van der Waals surface area contributed by atoms with Crippen molar-refractivity contribution in [3.05, 3.63) is 15.0 Å². The predicted octanol–water partition coefficient (Wildman–Crippen LogP) is 3.45. The first-order chi connectivity index (χ1) is 6.72. The van der Waals surface area contributed by atoms with Crippen LogP contribution in [0.25, 0.3) is 0 Å². The summed E-state index contributed by atoms with van der Waals surface area (Å²) in [5.74, 6) is 0. The van der Waals surface area contributed by atoms with Crippen LogP contribution in [0, 0.1) is 0 Å². The largest absolute Gasteiger partial charge is 0.384 e. The quantitative estimate of drug-likeness (QED) is 0.797. The van der Waals surface area contributed by atoms with Crippen molar-refractivity contribution in [2.75, 3.05) is 0 Å². The average molecular weight is 276 g/mol. The first-order valence-electron chi connectivity index (χ1n) is 5.04. The van der Waals surface area contributed by atoms with Crippen LogP contribution in [0.2, 0.25) is 0 Å². The Bertz CT molecular complexity index is 305. The molecule has 1 aliphatic rings. The summed E-state index contributed by atoms with van der Waals surface area (Å²) in [5.41, 5.74) is 1.18. The third kappa shape index (κ3) is 2.02. The third-order valence-electron chi connectivity index (χ3n) is 2.88. The van der Waals surface area contributed by atoms with Crippen molar-refractivity contribution in [2.45, 2.75) is 44.1 Å². The number of thiazole rings is 1. The molecule has 4 heteroatoms. The highest BCUT2D eigenvalue weighted by molar-refractivity contribution is 9.10. The van der Waals surface area contributed by atoms with Gasteiger partial charge in [0.15, 0.2) is 0 Å². The predicted molar refractivity (Wildman–Crippen MR) is 61.4 cm³/mol. The van der Waals surface area contributed by atoms with Crippen molar-refractivity contribution in [3.63, 3.8) is 0 Å². The average Bonchev–Trinajstić information content (AvgIpc) is 2.46. The smallest absolute Gasteiger partial charge is 0.123 e. The zero-order valence-electron chi connectivity index (χ0n) is 8.00. The second-order valence-electron chi connectivity index (χ2n) is 3.92. The van der Waals surface area contributed by atoms with E-state index in [1.807, 2.05) is 0 Å². The van der Waals surface area contributed by atoms with Gasteiger partial charge in [0.05, 0.1) is 10.4 Å². The van der Waals surface area contributed by atoms with Gasteiger partial charge >= 0.3 is 0 Å². The second kappa shape index (κ2) is 4.29. The highest BCUT2D eigenvalue weighted by atomic mass is 79.9. The maximum Gasteiger partial charge on any atom is 0.123 e. The van der Waals surface area contributed by atoms with Gasteiger partial charge in [0.25, 0.3) is 0 Å². The first-order valence-corrected chi connectivity index (χ1v) is 6.71. The summed E-state index contributed by atoms with van der Waals surface area (Å²) < 4.78 is 0.826. The SMILES string of the molecule is OC1(c2scnc2Br)CCCCCC1. The summed E-state index contributed by atoms with van der Waals surface area (Å²) in [6.07, 6.45) is 6.51. The van der Waals surface area contributed by atoms with Crippen molar-refractivity contribution in [3.8, 4) is 0 Å². The van der Waals surface area contributed by atoms with E-state index in [2.05, 4.69) is 20.9 Å². The molecule has 2 rings (SSSR count). The van der Waals surface area contributed by atoms with Crippen LogP contribution in [0.15, 0.2) is 10.1 Å². The van der Waals surface area contributed by atoms with E-state index < -0.39 is 5.60 Å². The molecular weight excluding hydrogens is 262 g/mol. The molecule has 0 atom stereocenters. The number of nitrogens with zero attached hydrogens (tertiary/aromatic N) is 1. The molecule has 1 fully saturated rings. The van der Waals surface area contributed by atoms with Gasteiger partial charge < -0.3 is 5.11 Å². The molecular formula is C10H14BrNOS. The van der Waals surface area contributed by atoms with Gasteiger partial charge in [0.2, 0.25) is 0 Å². The Morgan fingerprint density at radius 3 is 2.43 bits per heavy atom. The molecule has 2 nitrogen and oxygen atoms in total. The fourth-order valence-electron chi connectivity index (χ4n) is 2.07. The molecule has 0 bridgehead atoms. The fourth-order valence-corrected chi connectivity index (χ4v) is 3.80. The molecule has 1 N–H and O–H groups in total. The van der Waals surface area contributed by atoms with E-state index >= 15 is 0 Å². The van der Waals surface area contributed by atoms with Crippen LogP contribution >= 0.6 is 27.3 Å². The van der Waals surface area contributed by atoms with Crippen LogP contribution in [0.3, 0.4) is 0 Å². The Kier molecular flexibility index (Phi) is 3.24. The lowest BCUT2D eigenvalue weighted by molar-refractivity contribution is 0.0235. The van der Waals surface area contributed by atoms with Gasteiger partial charge in [-0.15, -0.1) is 11.3 Å². The molecule has 0 aliphatic heterocycles. The Labute approximate surface area is 96.5 Å². The lowest BCUT2D eigenvalue weighted by Crippen LogP contribution is -2.23. The lowest BCUT2D eigenvalue weighted by atomic mass is 9.93. The number of hydrogen-bond donors (Lipinski definition) is 1. The maximum atomic E-state index is 10.5. The molecule has 0 amide bonds. The number of aromatic nitrogens is 1. The van der Waals surface area contributed by atoms with Gasteiger partial charge in [-0.1, -0.05) is 25.7 Å². The zero-order valence-corrected chi connectivity index (χ0v) is 10.4. The van der Waals surface area contributed by atoms with Gasteiger partial charge in [-0.3, -0.25) is 0 Å². The van der Waals surface area contributed by atoms with Crippen LogP contribution in [0.4, 0.5) is 0 Å². The molecule has 0 unspecified atom stereocenters. The van der Waals surface area contributed by atoms with Crippen molar-refractivity contribution in [1.29, 1.82) is 0 Å². The van der Waals surface area contributed by atoms with Crippen LogP contribution < -0.4 is 0 Å². The molecule has 0 spiro atoms. The van der Waals surface area contributed by atoms with Crippen molar-refractivity contribution >= 4 is 27.3 Å². The summed E-state index contributed by atoms with van der Waals surface area (Å²) in [6, 6.07) is 0. The summed E-state index contributed by atoms with van der Waals surface area (Å²) in [6.45, 7) is 0. The summed E-state index contributed by atoms with van der Waals surface area (Å²) in [5, 5.41) is 10.5. The molecule has 1 aromatic heterocycles. The summed E-state index contributed by atoms with van der Waals surface area (Å²) >= 11 is 4.96. The van der Waals surface area contributed by atoms with E-state index in [0.717, 1.165) is 35.2 Å². The molecule has 1 heterocycles. The van der Waals surface area contributed by atoms with Gasteiger partial charge in [0.1, 0.15) is 10.2 Å². The lowest BCUT2D eigenvalue weighted by Gasteiger charge is -2.25. The summed E-state index contributed by atoms with van der Waals surface area (Å²) in [7, 11) is 0. The fraction of sp³-hybridized carbons (Fsp3) is 0.700. The highest BCUT2D eigenvalue weighted by Gasteiger charge is 2.33. The minimum atomic E-state index is -0.615. The van der Waals surface area contributed by atoms with E-state index in [1.165, 1.54) is 12.8 Å². The standard InChI is InChI=1S/C10H14BrNOS/c11-9-8(14-7-12-9)10(13)5-3-1-2-4-6-10/h7,13H,1-6H2. The van der Waals surface area contributed by atoms with Crippen LogP contribution in [-0.2, 0) is 5.60 Å². The molecule has 1 aliphatic carbocycles. The molecule has 1 saturated carbocycles. The molecule has 0 radical (unpaired) electrons. The molecule has 14 heavy (non-hydrogen) atoms. The van der Waals surface area contributed by atoms with Gasteiger partial charge in [-0.2, -0.15) is 0 Å². The number of hydrogen-bond acceptors (Lipinski definition) is 3. The Balaban J connectivity index is 2.25. The number of aliphatic hydroxyl groups is 1. The van der Waals surface area contributed by atoms with E-state index in [-0.39, 0.29) is 0 Å². The maximum absolute atomic E-state index is 10.5. The van der Waals surface area contributed by atoms with Crippen LogP contribution in [0.5, 0.6) is 0 Å². The molecule has 0 saturated heterocycles. The normalized spacial score (nSPS) is 21.9. The van der Waals surface area contributed by atoms with E-state index in [0.29, 0.717) is 0 Å². The van der Waals surface area contributed by atoms with Crippen LogP contribution in [-0.4, -0.2) is 10.1 Å². The Morgan fingerprint density at radius 1 is 1.29 bits per heavy atom. The van der Waals surface area contributed by atoms with Gasteiger partial charge in [0, 0.05) is 0 Å². The third-order valence-corrected chi connectivity index (χ3v) is 4.76. The second-order valence-corrected chi connectivity index (χ2v) is 5.52. The van der Waals surface area contributed by atoms with Crippen molar-refractivity contribution in [2.24, 2.45) is 0 Å². The van der Waals surface area contributed by atoms with E-state index in [4.69, 9.17) is 0 Å². The van der Waals surface area contributed by atoms with Crippen molar-refractivity contribution in [1.82, 2.24) is 4.98 Å². The minimum Gasteiger partial charge on any atom is -0.384 e.